The second kappa shape index (κ2) is 13.3. The highest BCUT2D eigenvalue weighted by atomic mass is 19.4. The molecule has 0 saturated carbocycles. The Labute approximate surface area is 218 Å². The molecule has 0 unspecified atom stereocenters. The number of amides is 1. The number of hydrogen-bond donors (Lipinski definition) is 2. The molecule has 1 aromatic carbocycles. The highest BCUT2D eigenvalue weighted by Crippen LogP contribution is 2.33. The lowest BCUT2D eigenvalue weighted by molar-refractivity contribution is -0.193. The van der Waals surface area contributed by atoms with Gasteiger partial charge in [0.15, 0.2) is 0 Å². The Kier molecular flexibility index (Phi) is 10.7. The number of nitrogens with zero attached hydrogens (tertiary/aromatic N) is 3. The summed E-state index contributed by atoms with van der Waals surface area (Å²) in [4.78, 5) is 39.1. The Morgan fingerprint density at radius 1 is 0.923 bits per heavy atom. The first kappa shape index (κ1) is 31.3. The van der Waals surface area contributed by atoms with E-state index < -0.39 is 24.3 Å². The van der Waals surface area contributed by atoms with Crippen molar-refractivity contribution in [3.63, 3.8) is 0 Å². The summed E-state index contributed by atoms with van der Waals surface area (Å²) in [5.74, 6) is -3.74. The quantitative estimate of drug-likeness (QED) is 0.530. The van der Waals surface area contributed by atoms with E-state index in [9.17, 15) is 31.1 Å². The molecule has 214 valence electrons. The summed E-state index contributed by atoms with van der Waals surface area (Å²) >= 11 is 0. The van der Waals surface area contributed by atoms with Crippen molar-refractivity contribution in [2.45, 2.75) is 25.4 Å². The van der Waals surface area contributed by atoms with Gasteiger partial charge < -0.3 is 19.8 Å². The molecule has 0 bridgehead atoms. The molecule has 2 atom stereocenters. The molecule has 3 heterocycles. The summed E-state index contributed by atoms with van der Waals surface area (Å²) in [5, 5.41) is 14.2. The van der Waals surface area contributed by atoms with Gasteiger partial charge in [-0.3, -0.25) is 14.7 Å². The number of benzene rings is 1. The summed E-state index contributed by atoms with van der Waals surface area (Å²) in [5.41, 5.74) is 2.37. The van der Waals surface area contributed by atoms with E-state index in [1.807, 2.05) is 35.4 Å². The van der Waals surface area contributed by atoms with E-state index >= 15 is 0 Å². The minimum Gasteiger partial charge on any atom is -0.497 e. The minimum atomic E-state index is -5.08. The first-order valence-corrected chi connectivity index (χ1v) is 11.2. The van der Waals surface area contributed by atoms with Gasteiger partial charge in [-0.05, 0) is 29.3 Å². The molecule has 9 nitrogen and oxygen atoms in total. The van der Waals surface area contributed by atoms with Crippen LogP contribution in [-0.4, -0.2) is 81.9 Å². The Morgan fingerprint density at radius 3 is 1.92 bits per heavy atom. The molecule has 0 spiro atoms. The second-order valence-electron chi connectivity index (χ2n) is 8.59. The number of methoxy groups -OCH3 is 1. The number of halogens is 6. The number of ether oxygens (including phenoxy) is 1. The lowest BCUT2D eigenvalue weighted by Crippen LogP contribution is -2.32. The van der Waals surface area contributed by atoms with Gasteiger partial charge >= 0.3 is 24.3 Å². The fourth-order valence-electron chi connectivity index (χ4n) is 4.01. The third-order valence-corrected chi connectivity index (χ3v) is 5.75. The van der Waals surface area contributed by atoms with Crippen LogP contribution in [0.3, 0.4) is 0 Å². The van der Waals surface area contributed by atoms with Crippen LogP contribution in [0.25, 0.3) is 0 Å². The number of aromatic nitrogens is 1. The number of carboxylic acid groups (broad SMARTS) is 2. The molecular formula is C24H25F6N3O6. The molecule has 39 heavy (non-hydrogen) atoms. The Bertz CT molecular complexity index is 1090. The van der Waals surface area contributed by atoms with Crippen LogP contribution in [0.5, 0.6) is 5.75 Å². The van der Waals surface area contributed by atoms with Crippen molar-refractivity contribution in [3.8, 4) is 5.75 Å². The molecule has 0 aliphatic carbocycles. The summed E-state index contributed by atoms with van der Waals surface area (Å²) in [6.07, 6.45) is -6.56. The van der Waals surface area contributed by atoms with E-state index in [4.69, 9.17) is 24.5 Å². The number of carboxylic acids is 2. The van der Waals surface area contributed by atoms with Crippen molar-refractivity contribution in [2.24, 2.45) is 11.8 Å². The number of carbonyl (C=O) groups excluding carboxylic acids is 1. The Balaban J connectivity index is 0.000000317. The second-order valence-corrected chi connectivity index (χ2v) is 8.59. The third-order valence-electron chi connectivity index (χ3n) is 5.75. The standard InChI is InChI=1S/C20H23N3O2.2C2HF3O2/c1-25-18-6-4-15(5-7-18)10-22-12-17-13-23(20(24)19(17)14-22)11-16-3-2-8-21-9-16;2*3-2(4,5)1(6)7/h2-9,17,19H,10-14H2,1H3;2*(H,6,7)/t17-,19-;;/m0../s1. The number of likely N-dealkylation sites (tertiary alicyclic amines) is 2. The van der Waals surface area contributed by atoms with Gasteiger partial charge in [0, 0.05) is 51.0 Å². The van der Waals surface area contributed by atoms with Crippen LogP contribution in [0.2, 0.25) is 0 Å². The van der Waals surface area contributed by atoms with Gasteiger partial charge in [0.25, 0.3) is 0 Å². The molecule has 2 N–H and O–H groups in total. The van der Waals surface area contributed by atoms with Crippen LogP contribution >= 0.6 is 0 Å². The largest absolute Gasteiger partial charge is 0.497 e. The summed E-state index contributed by atoms with van der Waals surface area (Å²) in [6.45, 7) is 4.29. The maximum Gasteiger partial charge on any atom is 0.490 e. The van der Waals surface area contributed by atoms with Crippen molar-refractivity contribution < 1.29 is 55.7 Å². The molecular weight excluding hydrogens is 540 g/mol. The first-order chi connectivity index (χ1) is 18.1. The Morgan fingerprint density at radius 2 is 1.49 bits per heavy atom. The van der Waals surface area contributed by atoms with Crippen molar-refractivity contribution in [1.82, 2.24) is 14.8 Å². The summed E-state index contributed by atoms with van der Waals surface area (Å²) in [6, 6.07) is 12.1. The van der Waals surface area contributed by atoms with E-state index in [0.717, 1.165) is 37.5 Å². The lowest BCUT2D eigenvalue weighted by Gasteiger charge is -2.21. The summed E-state index contributed by atoms with van der Waals surface area (Å²) in [7, 11) is 1.68. The zero-order valence-electron chi connectivity index (χ0n) is 20.4. The van der Waals surface area contributed by atoms with Gasteiger partial charge in [0.1, 0.15) is 5.75 Å². The van der Waals surface area contributed by atoms with Crippen molar-refractivity contribution >= 4 is 17.8 Å². The molecule has 2 aliphatic rings. The van der Waals surface area contributed by atoms with Gasteiger partial charge in [-0.1, -0.05) is 18.2 Å². The number of alkyl halides is 6. The van der Waals surface area contributed by atoms with Crippen molar-refractivity contribution in [1.29, 1.82) is 0 Å². The number of carbonyl (C=O) groups is 3. The molecule has 15 heteroatoms. The highest BCUT2D eigenvalue weighted by molar-refractivity contribution is 5.82. The fourth-order valence-corrected chi connectivity index (χ4v) is 4.01. The molecule has 0 radical (unpaired) electrons. The zero-order chi connectivity index (χ0) is 29.4. The monoisotopic (exact) mass is 565 g/mol. The number of fused-ring (bicyclic) bond motifs is 1. The lowest BCUT2D eigenvalue weighted by atomic mass is 10.0. The Hall–Kier alpha value is -3.88. The van der Waals surface area contributed by atoms with Crippen LogP contribution in [0.4, 0.5) is 26.3 Å². The predicted octanol–water partition coefficient (Wildman–Crippen LogP) is 3.45. The molecule has 2 fully saturated rings. The van der Waals surface area contributed by atoms with E-state index in [2.05, 4.69) is 22.0 Å². The van der Waals surface area contributed by atoms with Crippen LogP contribution < -0.4 is 4.74 Å². The van der Waals surface area contributed by atoms with Gasteiger partial charge in [-0.15, -0.1) is 0 Å². The van der Waals surface area contributed by atoms with E-state index in [1.54, 1.807) is 13.3 Å². The minimum absolute atomic E-state index is 0.148. The topological polar surface area (TPSA) is 120 Å². The number of hydrogen-bond acceptors (Lipinski definition) is 6. The highest BCUT2D eigenvalue weighted by Gasteiger charge is 2.45. The van der Waals surface area contributed by atoms with Gasteiger partial charge in [-0.25, -0.2) is 9.59 Å². The fraction of sp³-hybridized carbons (Fsp3) is 0.417. The summed E-state index contributed by atoms with van der Waals surface area (Å²) < 4.78 is 68.7. The molecule has 2 aromatic rings. The van der Waals surface area contributed by atoms with Crippen LogP contribution in [0, 0.1) is 11.8 Å². The van der Waals surface area contributed by atoms with Gasteiger partial charge in [0.2, 0.25) is 5.91 Å². The SMILES string of the molecule is COc1ccc(CN2C[C@H]3CN(Cc4cccnc4)C(=O)[C@H]3C2)cc1.O=C(O)C(F)(F)F.O=C(O)C(F)(F)F. The van der Waals surface area contributed by atoms with Gasteiger partial charge in [0.05, 0.1) is 13.0 Å². The van der Waals surface area contributed by atoms with Crippen molar-refractivity contribution in [3.05, 3.63) is 59.9 Å². The maximum atomic E-state index is 12.7. The van der Waals surface area contributed by atoms with Crippen LogP contribution in [0.15, 0.2) is 48.8 Å². The average molecular weight is 565 g/mol. The van der Waals surface area contributed by atoms with Crippen LogP contribution in [-0.2, 0) is 27.5 Å². The van der Waals surface area contributed by atoms with E-state index in [0.29, 0.717) is 18.4 Å². The molecule has 2 saturated heterocycles. The average Bonchev–Trinajstić information content (AvgIpc) is 3.37. The number of rotatable bonds is 5. The molecule has 1 amide bonds. The van der Waals surface area contributed by atoms with E-state index in [-0.39, 0.29) is 5.92 Å². The number of pyridine rings is 1. The number of aliphatic carboxylic acids is 2. The first-order valence-electron chi connectivity index (χ1n) is 11.2. The third kappa shape index (κ3) is 9.74. The van der Waals surface area contributed by atoms with Gasteiger partial charge in [-0.2, -0.15) is 26.3 Å². The van der Waals surface area contributed by atoms with E-state index in [1.165, 1.54) is 5.56 Å². The zero-order valence-corrected chi connectivity index (χ0v) is 20.4. The van der Waals surface area contributed by atoms with Crippen molar-refractivity contribution in [2.75, 3.05) is 26.7 Å². The molecule has 4 rings (SSSR count). The smallest absolute Gasteiger partial charge is 0.490 e. The normalized spacial score (nSPS) is 18.8. The van der Waals surface area contributed by atoms with Crippen LogP contribution in [0.1, 0.15) is 11.1 Å². The maximum absolute atomic E-state index is 12.7. The molecule has 1 aromatic heterocycles. The predicted molar refractivity (Wildman–Crippen MR) is 122 cm³/mol. The molecule has 2 aliphatic heterocycles.